The first kappa shape index (κ1) is 12.5. The van der Waals surface area contributed by atoms with Gasteiger partial charge in [-0.2, -0.15) is 0 Å². The van der Waals surface area contributed by atoms with Crippen LogP contribution in [0.3, 0.4) is 0 Å². The fourth-order valence-electron chi connectivity index (χ4n) is 1.23. The lowest BCUT2D eigenvalue weighted by molar-refractivity contribution is 0.741. The maximum absolute atomic E-state index is 5.86. The monoisotopic (exact) mass is 289 g/mol. The van der Waals surface area contributed by atoms with Crippen molar-refractivity contribution in [3.05, 3.63) is 38.9 Å². The second-order valence-electron chi connectivity index (χ2n) is 3.16. The van der Waals surface area contributed by atoms with E-state index >= 15 is 0 Å². The van der Waals surface area contributed by atoms with Gasteiger partial charge < -0.3 is 5.32 Å². The first-order valence-electron chi connectivity index (χ1n) is 4.96. The quantitative estimate of drug-likeness (QED) is 0.627. The Kier molecular flexibility index (Phi) is 5.19. The van der Waals surface area contributed by atoms with E-state index < -0.39 is 0 Å². The lowest BCUT2D eigenvalue weighted by Gasteiger charge is -2.01. The first-order valence-corrected chi connectivity index (χ1v) is 8.02. The zero-order chi connectivity index (χ0) is 11.2. The molecule has 0 amide bonds. The zero-order valence-corrected chi connectivity index (χ0v) is 11.8. The molecule has 0 unspecified atom stereocenters. The van der Waals surface area contributed by atoms with E-state index in [0.717, 1.165) is 23.2 Å². The molecule has 0 bridgehead atoms. The lowest BCUT2D eigenvalue weighted by Crippen LogP contribution is -2.15. The third-order valence-corrected chi connectivity index (χ3v) is 5.31. The van der Waals surface area contributed by atoms with Crippen molar-refractivity contribution in [2.75, 3.05) is 12.3 Å². The Morgan fingerprint density at radius 3 is 2.94 bits per heavy atom. The van der Waals surface area contributed by atoms with Crippen molar-refractivity contribution in [2.45, 2.75) is 10.8 Å². The van der Waals surface area contributed by atoms with Crippen LogP contribution in [0.2, 0.25) is 4.34 Å². The molecule has 0 spiro atoms. The van der Waals surface area contributed by atoms with Crippen molar-refractivity contribution < 1.29 is 0 Å². The van der Waals surface area contributed by atoms with Gasteiger partial charge in [0.1, 0.15) is 0 Å². The Balaban J connectivity index is 1.59. The summed E-state index contributed by atoms with van der Waals surface area (Å²) in [5, 5.41) is 5.53. The van der Waals surface area contributed by atoms with Crippen LogP contribution in [0.5, 0.6) is 0 Å². The van der Waals surface area contributed by atoms with Gasteiger partial charge >= 0.3 is 0 Å². The van der Waals surface area contributed by atoms with E-state index in [-0.39, 0.29) is 0 Å². The highest BCUT2D eigenvalue weighted by molar-refractivity contribution is 8.01. The number of thioether (sulfide) groups is 1. The summed E-state index contributed by atoms with van der Waals surface area (Å²) in [6.07, 6.45) is 0. The van der Waals surface area contributed by atoms with Crippen LogP contribution < -0.4 is 5.32 Å². The second kappa shape index (κ2) is 6.67. The van der Waals surface area contributed by atoms with Crippen LogP contribution in [0.25, 0.3) is 0 Å². The Bertz CT molecular complexity index is 411. The second-order valence-corrected chi connectivity index (χ2v) is 7.31. The summed E-state index contributed by atoms with van der Waals surface area (Å²) in [7, 11) is 0. The van der Waals surface area contributed by atoms with Crippen LogP contribution in [0.4, 0.5) is 0 Å². The van der Waals surface area contributed by atoms with Gasteiger partial charge in [0.25, 0.3) is 0 Å². The van der Waals surface area contributed by atoms with E-state index in [1.54, 1.807) is 22.7 Å². The predicted octanol–water partition coefficient (Wildman–Crippen LogP) is 4.34. The van der Waals surface area contributed by atoms with E-state index in [0.29, 0.717) is 0 Å². The number of rotatable bonds is 6. The third-order valence-electron chi connectivity index (χ3n) is 1.95. The molecular formula is C11H12ClNS3. The summed E-state index contributed by atoms with van der Waals surface area (Å²) in [5.41, 5.74) is 0. The summed E-state index contributed by atoms with van der Waals surface area (Å²) < 4.78 is 2.26. The standard InChI is InChI=1S/C11H12ClNS3/c12-10-4-3-9(16-10)8-13-5-7-15-11-2-1-6-14-11/h1-4,6,13H,5,7-8H2. The highest BCUT2D eigenvalue weighted by Crippen LogP contribution is 2.23. The number of nitrogens with one attached hydrogen (secondary N) is 1. The topological polar surface area (TPSA) is 12.0 Å². The van der Waals surface area contributed by atoms with Crippen molar-refractivity contribution in [3.8, 4) is 0 Å². The molecule has 1 N–H and O–H groups in total. The van der Waals surface area contributed by atoms with Gasteiger partial charge in [0.2, 0.25) is 0 Å². The van der Waals surface area contributed by atoms with Crippen LogP contribution >= 0.6 is 46.0 Å². The largest absolute Gasteiger partial charge is 0.311 e. The number of halogens is 1. The van der Waals surface area contributed by atoms with Gasteiger partial charge in [-0.05, 0) is 23.6 Å². The van der Waals surface area contributed by atoms with Crippen molar-refractivity contribution >= 4 is 46.0 Å². The minimum Gasteiger partial charge on any atom is -0.311 e. The average molecular weight is 290 g/mol. The fraction of sp³-hybridized carbons (Fsp3) is 0.273. The van der Waals surface area contributed by atoms with E-state index in [1.165, 1.54) is 9.09 Å². The van der Waals surface area contributed by atoms with Crippen molar-refractivity contribution in [1.82, 2.24) is 5.32 Å². The molecule has 0 atom stereocenters. The molecule has 0 aliphatic rings. The lowest BCUT2D eigenvalue weighted by atomic mass is 10.4. The minimum atomic E-state index is 0.866. The van der Waals surface area contributed by atoms with Gasteiger partial charge in [-0.25, -0.2) is 0 Å². The maximum Gasteiger partial charge on any atom is 0.0931 e. The van der Waals surface area contributed by atoms with Gasteiger partial charge in [0.05, 0.1) is 8.55 Å². The Labute approximate surface area is 113 Å². The van der Waals surface area contributed by atoms with Crippen molar-refractivity contribution in [1.29, 1.82) is 0 Å². The summed E-state index contributed by atoms with van der Waals surface area (Å²) in [6, 6.07) is 8.28. The molecule has 1 nitrogen and oxygen atoms in total. The van der Waals surface area contributed by atoms with E-state index in [4.69, 9.17) is 11.6 Å². The van der Waals surface area contributed by atoms with Crippen molar-refractivity contribution in [2.24, 2.45) is 0 Å². The van der Waals surface area contributed by atoms with Crippen LogP contribution in [0.15, 0.2) is 33.9 Å². The fourth-order valence-corrected chi connectivity index (χ4v) is 4.04. The molecule has 0 aromatic carbocycles. The van der Waals surface area contributed by atoms with Crippen LogP contribution in [-0.2, 0) is 6.54 Å². The molecule has 0 radical (unpaired) electrons. The molecule has 5 heteroatoms. The molecular weight excluding hydrogens is 278 g/mol. The van der Waals surface area contributed by atoms with E-state index in [1.807, 2.05) is 17.8 Å². The highest BCUT2D eigenvalue weighted by Gasteiger charge is 1.97. The van der Waals surface area contributed by atoms with E-state index in [2.05, 4.69) is 28.9 Å². The molecule has 2 aromatic heterocycles. The smallest absolute Gasteiger partial charge is 0.0931 e. The molecule has 0 aliphatic carbocycles. The molecule has 0 fully saturated rings. The summed E-state index contributed by atoms with van der Waals surface area (Å²) in [5.74, 6) is 1.11. The van der Waals surface area contributed by atoms with Crippen LogP contribution in [0.1, 0.15) is 4.88 Å². The molecule has 0 saturated heterocycles. The predicted molar refractivity (Wildman–Crippen MR) is 76.1 cm³/mol. The number of hydrogen-bond acceptors (Lipinski definition) is 4. The third kappa shape index (κ3) is 4.11. The summed E-state index contributed by atoms with van der Waals surface area (Å²) in [6.45, 7) is 1.94. The summed E-state index contributed by atoms with van der Waals surface area (Å²) >= 11 is 11.2. The Hall–Kier alpha value is -0.0000000000000000555. The summed E-state index contributed by atoms with van der Waals surface area (Å²) in [4.78, 5) is 1.30. The zero-order valence-electron chi connectivity index (χ0n) is 8.61. The Morgan fingerprint density at radius 1 is 1.31 bits per heavy atom. The first-order chi connectivity index (χ1) is 7.84. The molecule has 2 aromatic rings. The van der Waals surface area contributed by atoms with E-state index in [9.17, 15) is 0 Å². The molecule has 2 heterocycles. The van der Waals surface area contributed by atoms with Gasteiger partial charge in [0, 0.05) is 23.7 Å². The van der Waals surface area contributed by atoms with Crippen LogP contribution in [0, 0.1) is 0 Å². The molecule has 2 rings (SSSR count). The van der Waals surface area contributed by atoms with Gasteiger partial charge in [-0.3, -0.25) is 0 Å². The Morgan fingerprint density at radius 2 is 2.25 bits per heavy atom. The molecule has 0 aliphatic heterocycles. The minimum absolute atomic E-state index is 0.866. The normalized spacial score (nSPS) is 10.8. The van der Waals surface area contributed by atoms with Crippen LogP contribution in [-0.4, -0.2) is 12.3 Å². The number of thiophene rings is 2. The average Bonchev–Trinajstić information content (AvgIpc) is 2.89. The van der Waals surface area contributed by atoms with Crippen molar-refractivity contribution in [3.63, 3.8) is 0 Å². The molecule has 86 valence electrons. The maximum atomic E-state index is 5.86. The highest BCUT2D eigenvalue weighted by atomic mass is 35.5. The SMILES string of the molecule is Clc1ccc(CNCCSc2cccs2)s1. The van der Waals surface area contributed by atoms with Gasteiger partial charge in [0.15, 0.2) is 0 Å². The van der Waals surface area contributed by atoms with Gasteiger partial charge in [-0.15, -0.1) is 34.4 Å². The molecule has 16 heavy (non-hydrogen) atoms. The van der Waals surface area contributed by atoms with Gasteiger partial charge in [-0.1, -0.05) is 17.7 Å². The molecule has 0 saturated carbocycles. The number of hydrogen-bond donors (Lipinski definition) is 1.